The van der Waals surface area contributed by atoms with Gasteiger partial charge in [0.05, 0.1) is 0 Å². The molecule has 3 rings (SSSR count). The van der Waals surface area contributed by atoms with Crippen molar-refractivity contribution in [2.45, 2.75) is 26.2 Å². The third-order valence-corrected chi connectivity index (χ3v) is 3.51. The summed E-state index contributed by atoms with van der Waals surface area (Å²) in [5.74, 6) is 0.738. The van der Waals surface area contributed by atoms with Crippen LogP contribution in [0.5, 0.6) is 0 Å². The van der Waals surface area contributed by atoms with Crippen LogP contribution < -0.4 is 4.90 Å². The standard InChI is InChI=1S/C13H19N7O2/c1-13(2,3)11-17-18-12(22-11)20-6-4-19(5-7-20)10(21)9-14-8-15-16-9/h8H,4-7H2,1-3H3,(H,14,15,16). The molecule has 1 aliphatic heterocycles. The van der Waals surface area contributed by atoms with Gasteiger partial charge in [-0.05, 0) is 0 Å². The van der Waals surface area contributed by atoms with Crippen molar-refractivity contribution in [3.05, 3.63) is 18.0 Å². The Kier molecular flexibility index (Phi) is 3.55. The summed E-state index contributed by atoms with van der Waals surface area (Å²) in [6, 6.07) is 0.511. The van der Waals surface area contributed by atoms with Crippen LogP contribution in [0.25, 0.3) is 0 Å². The predicted molar refractivity (Wildman–Crippen MR) is 77.5 cm³/mol. The molecule has 0 aliphatic carbocycles. The molecule has 0 spiro atoms. The van der Waals surface area contributed by atoms with E-state index in [2.05, 4.69) is 25.4 Å². The van der Waals surface area contributed by atoms with E-state index < -0.39 is 0 Å². The van der Waals surface area contributed by atoms with Crippen molar-refractivity contribution in [3.63, 3.8) is 0 Å². The van der Waals surface area contributed by atoms with E-state index in [-0.39, 0.29) is 17.1 Å². The number of H-pyrrole nitrogens is 1. The fourth-order valence-corrected chi connectivity index (χ4v) is 2.21. The molecule has 3 heterocycles. The van der Waals surface area contributed by atoms with Crippen LogP contribution in [0.3, 0.4) is 0 Å². The largest absolute Gasteiger partial charge is 0.407 e. The first-order chi connectivity index (χ1) is 10.4. The number of anilines is 1. The summed E-state index contributed by atoms with van der Waals surface area (Å²) in [4.78, 5) is 19.8. The highest BCUT2D eigenvalue weighted by atomic mass is 16.4. The Labute approximate surface area is 127 Å². The lowest BCUT2D eigenvalue weighted by Gasteiger charge is -2.33. The van der Waals surface area contributed by atoms with Crippen LogP contribution in [0.1, 0.15) is 37.3 Å². The molecule has 0 bridgehead atoms. The summed E-state index contributed by atoms with van der Waals surface area (Å²) in [5.41, 5.74) is -0.171. The molecule has 0 unspecified atom stereocenters. The zero-order chi connectivity index (χ0) is 15.7. The average Bonchev–Trinajstić information content (AvgIpc) is 3.17. The summed E-state index contributed by atoms with van der Waals surface area (Å²) in [6.45, 7) is 8.52. The number of hydrogen-bond donors (Lipinski definition) is 1. The minimum absolute atomic E-state index is 0.141. The highest BCUT2D eigenvalue weighted by Gasteiger charge is 2.28. The van der Waals surface area contributed by atoms with Crippen molar-refractivity contribution in [3.8, 4) is 0 Å². The number of aromatic nitrogens is 5. The second-order valence-corrected chi connectivity index (χ2v) is 6.25. The van der Waals surface area contributed by atoms with Crippen molar-refractivity contribution in [2.75, 3.05) is 31.1 Å². The molecule has 9 heteroatoms. The Hall–Kier alpha value is -2.45. The smallest absolute Gasteiger partial charge is 0.318 e. The molecular formula is C13H19N7O2. The molecular weight excluding hydrogens is 286 g/mol. The van der Waals surface area contributed by atoms with Gasteiger partial charge < -0.3 is 14.2 Å². The fourth-order valence-electron chi connectivity index (χ4n) is 2.21. The zero-order valence-corrected chi connectivity index (χ0v) is 12.9. The lowest BCUT2D eigenvalue weighted by atomic mass is 9.97. The van der Waals surface area contributed by atoms with Gasteiger partial charge in [-0.2, -0.15) is 5.10 Å². The maximum Gasteiger partial charge on any atom is 0.318 e. The van der Waals surface area contributed by atoms with Crippen molar-refractivity contribution in [1.29, 1.82) is 0 Å². The lowest BCUT2D eigenvalue weighted by Crippen LogP contribution is -2.49. The van der Waals surface area contributed by atoms with E-state index in [4.69, 9.17) is 4.42 Å². The lowest BCUT2D eigenvalue weighted by molar-refractivity contribution is 0.0733. The van der Waals surface area contributed by atoms with Crippen molar-refractivity contribution >= 4 is 11.9 Å². The van der Waals surface area contributed by atoms with E-state index in [0.29, 0.717) is 38.1 Å². The second-order valence-electron chi connectivity index (χ2n) is 6.25. The first-order valence-electron chi connectivity index (χ1n) is 7.19. The third kappa shape index (κ3) is 2.78. The summed E-state index contributed by atoms with van der Waals surface area (Å²) in [6.07, 6.45) is 1.33. The van der Waals surface area contributed by atoms with Gasteiger partial charge in [0, 0.05) is 31.6 Å². The second kappa shape index (κ2) is 5.39. The summed E-state index contributed by atoms with van der Waals surface area (Å²) in [5, 5.41) is 14.5. The average molecular weight is 305 g/mol. The summed E-state index contributed by atoms with van der Waals surface area (Å²) < 4.78 is 5.73. The number of carbonyl (C=O) groups excluding carboxylic acids is 1. The molecule has 2 aromatic rings. The third-order valence-electron chi connectivity index (χ3n) is 3.51. The number of carbonyl (C=O) groups is 1. The molecule has 2 aromatic heterocycles. The van der Waals surface area contributed by atoms with E-state index in [1.165, 1.54) is 6.33 Å². The molecule has 1 fully saturated rings. The Bertz CT molecular complexity index is 636. The van der Waals surface area contributed by atoms with Crippen LogP contribution in [-0.4, -0.2) is 62.4 Å². The normalized spacial score (nSPS) is 16.1. The number of aromatic amines is 1. The number of nitrogens with zero attached hydrogens (tertiary/aromatic N) is 6. The summed E-state index contributed by atoms with van der Waals surface area (Å²) >= 11 is 0. The predicted octanol–water partition coefficient (Wildman–Crippen LogP) is 0.448. The molecule has 1 aliphatic rings. The molecule has 1 amide bonds. The highest BCUT2D eigenvalue weighted by molar-refractivity contribution is 5.90. The topological polar surface area (TPSA) is 104 Å². The minimum atomic E-state index is -0.171. The highest BCUT2D eigenvalue weighted by Crippen LogP contribution is 2.24. The van der Waals surface area contributed by atoms with E-state index in [1.807, 2.05) is 25.7 Å². The number of rotatable bonds is 2. The molecule has 118 valence electrons. The van der Waals surface area contributed by atoms with Gasteiger partial charge in [-0.1, -0.05) is 25.9 Å². The van der Waals surface area contributed by atoms with Gasteiger partial charge in [0.2, 0.25) is 11.7 Å². The van der Waals surface area contributed by atoms with Crippen LogP contribution in [0.4, 0.5) is 6.01 Å². The molecule has 0 radical (unpaired) electrons. The van der Waals surface area contributed by atoms with Gasteiger partial charge in [-0.3, -0.25) is 9.89 Å². The minimum Gasteiger partial charge on any atom is -0.407 e. The molecule has 0 atom stereocenters. The Morgan fingerprint density at radius 2 is 1.95 bits per heavy atom. The first kappa shape index (κ1) is 14.5. The Morgan fingerprint density at radius 3 is 2.50 bits per heavy atom. The van der Waals surface area contributed by atoms with Crippen LogP contribution in [0.15, 0.2) is 10.7 Å². The van der Waals surface area contributed by atoms with E-state index >= 15 is 0 Å². The molecule has 0 aromatic carbocycles. The fraction of sp³-hybridized carbons (Fsp3) is 0.615. The summed E-state index contributed by atoms with van der Waals surface area (Å²) in [7, 11) is 0. The van der Waals surface area contributed by atoms with Gasteiger partial charge in [0.15, 0.2) is 0 Å². The van der Waals surface area contributed by atoms with E-state index in [9.17, 15) is 4.79 Å². The number of hydrogen-bond acceptors (Lipinski definition) is 7. The van der Waals surface area contributed by atoms with Crippen LogP contribution in [0, 0.1) is 0 Å². The molecule has 9 nitrogen and oxygen atoms in total. The number of amides is 1. The SMILES string of the molecule is CC(C)(C)c1nnc(N2CCN(C(=O)c3ncn[nH]3)CC2)o1. The quantitative estimate of drug-likeness (QED) is 0.858. The van der Waals surface area contributed by atoms with Crippen LogP contribution in [-0.2, 0) is 5.41 Å². The Morgan fingerprint density at radius 1 is 1.23 bits per heavy atom. The van der Waals surface area contributed by atoms with Gasteiger partial charge >= 0.3 is 6.01 Å². The van der Waals surface area contributed by atoms with Crippen LogP contribution in [0.2, 0.25) is 0 Å². The maximum absolute atomic E-state index is 12.2. The number of nitrogens with one attached hydrogen (secondary N) is 1. The Balaban J connectivity index is 1.62. The molecule has 22 heavy (non-hydrogen) atoms. The maximum atomic E-state index is 12.2. The van der Waals surface area contributed by atoms with E-state index in [0.717, 1.165) is 0 Å². The molecule has 1 saturated heterocycles. The number of piperazine rings is 1. The first-order valence-corrected chi connectivity index (χ1v) is 7.19. The van der Waals surface area contributed by atoms with Crippen molar-refractivity contribution < 1.29 is 9.21 Å². The monoisotopic (exact) mass is 305 g/mol. The zero-order valence-electron chi connectivity index (χ0n) is 12.9. The van der Waals surface area contributed by atoms with Crippen LogP contribution >= 0.6 is 0 Å². The van der Waals surface area contributed by atoms with Crippen molar-refractivity contribution in [1.82, 2.24) is 30.3 Å². The van der Waals surface area contributed by atoms with Gasteiger partial charge in [-0.15, -0.1) is 5.10 Å². The molecule has 1 N–H and O–H groups in total. The van der Waals surface area contributed by atoms with Gasteiger partial charge in [0.25, 0.3) is 5.91 Å². The van der Waals surface area contributed by atoms with E-state index in [1.54, 1.807) is 4.90 Å². The van der Waals surface area contributed by atoms with Gasteiger partial charge in [0.1, 0.15) is 6.33 Å². The van der Waals surface area contributed by atoms with Crippen molar-refractivity contribution in [2.24, 2.45) is 0 Å². The van der Waals surface area contributed by atoms with Gasteiger partial charge in [-0.25, -0.2) is 4.98 Å². The molecule has 0 saturated carbocycles.